The van der Waals surface area contributed by atoms with Crippen molar-refractivity contribution in [3.8, 4) is 0 Å². The number of hydrogen-bond acceptors (Lipinski definition) is 11. The topological polar surface area (TPSA) is 174 Å². The number of benzene rings is 2. The van der Waals surface area contributed by atoms with E-state index in [0.717, 1.165) is 71.1 Å². The number of ketones is 1. The van der Waals surface area contributed by atoms with Crippen LogP contribution in [0.5, 0.6) is 0 Å². The molecule has 4 aliphatic carbocycles. The van der Waals surface area contributed by atoms with Crippen LogP contribution in [-0.4, -0.2) is 55.1 Å². The Kier molecular flexibility index (Phi) is 19.4. The molecule has 3 fully saturated rings. The van der Waals surface area contributed by atoms with Gasteiger partial charge in [0, 0.05) is 39.7 Å². The molecule has 11 nitrogen and oxygen atoms in total. The number of carbonyl (C=O) groups is 5. The number of nitrogens with two attached hydrogens (primary N) is 2. The lowest BCUT2D eigenvalue weighted by Crippen LogP contribution is -2.50. The second-order valence-electron chi connectivity index (χ2n) is 18.6. The number of allylic oxidation sites excluding steroid dienone is 1. The van der Waals surface area contributed by atoms with Crippen molar-refractivity contribution in [3.05, 3.63) is 56.3 Å². The zero-order chi connectivity index (χ0) is 47.5. The van der Waals surface area contributed by atoms with Gasteiger partial charge in [-0.3, -0.25) is 24.0 Å². The maximum Gasteiger partial charge on any atom is 0.309 e. The Bertz CT molecular complexity index is 2130. The van der Waals surface area contributed by atoms with Crippen molar-refractivity contribution >= 4 is 177 Å². The number of ether oxygens (including phenoxy) is 4. The fourth-order valence-corrected chi connectivity index (χ4v) is 18.5. The molecule has 0 spiro atoms. The molecule has 4 aliphatic rings. The van der Waals surface area contributed by atoms with Crippen LogP contribution in [0.2, 0.25) is 0 Å². The normalized spacial score (nSPS) is 26.1. The van der Waals surface area contributed by atoms with Gasteiger partial charge in [0.2, 0.25) is 0 Å². The highest BCUT2D eigenvalue weighted by molar-refractivity contribution is 14.1. The van der Waals surface area contributed by atoms with Gasteiger partial charge in [0.1, 0.15) is 25.1 Å². The summed E-state index contributed by atoms with van der Waals surface area (Å²) in [7, 11) is 0. The Morgan fingerprint density at radius 2 is 1.23 bits per heavy atom. The lowest BCUT2D eigenvalue weighted by atomic mass is 9.48. The van der Waals surface area contributed by atoms with Gasteiger partial charge in [-0.15, -0.1) is 0 Å². The second kappa shape index (κ2) is 23.3. The molecule has 8 atom stereocenters. The minimum absolute atomic E-state index is 0.0377. The lowest BCUT2D eigenvalue weighted by Gasteiger charge is -2.56. The van der Waals surface area contributed by atoms with Gasteiger partial charge in [0.25, 0.3) is 0 Å². The van der Waals surface area contributed by atoms with E-state index in [2.05, 4.69) is 155 Å². The van der Waals surface area contributed by atoms with Crippen LogP contribution in [0.3, 0.4) is 0 Å². The number of rotatable bonds is 17. The number of nitrogen functional groups attached to an aromatic ring is 2. The van der Waals surface area contributed by atoms with Gasteiger partial charge < -0.3 is 30.4 Å². The van der Waals surface area contributed by atoms with E-state index in [4.69, 9.17) is 30.4 Å². The molecule has 3 saturated carbocycles. The lowest BCUT2D eigenvalue weighted by molar-refractivity contribution is -0.170. The highest BCUT2D eigenvalue weighted by atomic mass is 127. The summed E-state index contributed by atoms with van der Waals surface area (Å²) in [5.74, 6) is -1.16. The zero-order valence-electron chi connectivity index (χ0n) is 37.2. The third-order valence-corrected chi connectivity index (χ3v) is 21.0. The molecule has 2 aromatic carbocycles. The first-order valence-corrected chi connectivity index (χ1v) is 29.0. The number of fused-ring (bicyclic) bond motifs is 5. The SMILES string of the molecule is CCC(Cc1c(I)cc(I)c(N)c1I)C(=O)OCC(COC(=O)C(CC)Cc1c(I)cc(I)c(N)c1I)OC(=O)CCC(=O)O[C@H]1CC[C@@]2(C)C(=CCC3C2CC[C@]2(C)C(=O)CCC32)C1. The molecule has 6 rings (SSSR count). The summed E-state index contributed by atoms with van der Waals surface area (Å²) < 4.78 is 29.0. The van der Waals surface area contributed by atoms with Crippen molar-refractivity contribution in [2.45, 2.75) is 130 Å². The maximum absolute atomic E-state index is 13.6. The molecule has 0 amide bonds. The van der Waals surface area contributed by atoms with Crippen LogP contribution in [0, 0.1) is 61.8 Å². The van der Waals surface area contributed by atoms with Crippen molar-refractivity contribution < 1.29 is 42.9 Å². The van der Waals surface area contributed by atoms with E-state index in [1.807, 2.05) is 26.0 Å². The summed E-state index contributed by atoms with van der Waals surface area (Å²) in [6, 6.07) is 3.98. The molecular formula is C48H58I6N2O9. The van der Waals surface area contributed by atoms with Crippen molar-refractivity contribution in [2.24, 2.45) is 40.4 Å². The third kappa shape index (κ3) is 12.3. The van der Waals surface area contributed by atoms with E-state index in [0.29, 0.717) is 73.4 Å². The van der Waals surface area contributed by atoms with Crippen LogP contribution in [0.4, 0.5) is 11.4 Å². The predicted octanol–water partition coefficient (Wildman–Crippen LogP) is 11.5. The van der Waals surface area contributed by atoms with Crippen LogP contribution >= 0.6 is 136 Å². The average Bonchev–Trinajstić information content (AvgIpc) is 3.58. The Morgan fingerprint density at radius 3 is 1.77 bits per heavy atom. The molecule has 356 valence electrons. The highest BCUT2D eigenvalue weighted by Gasteiger charge is 2.58. The van der Waals surface area contributed by atoms with Gasteiger partial charge in [0.05, 0.1) is 36.1 Å². The summed E-state index contributed by atoms with van der Waals surface area (Å²) in [4.78, 5) is 66.7. The number of Topliss-reactive ketones (excluding diaryl/α,β-unsaturated/α-hetero) is 1. The molecule has 65 heavy (non-hydrogen) atoms. The molecule has 5 unspecified atom stereocenters. The Hall–Kier alpha value is -0.290. The van der Waals surface area contributed by atoms with Gasteiger partial charge >= 0.3 is 23.9 Å². The molecule has 0 aliphatic heterocycles. The van der Waals surface area contributed by atoms with E-state index in [9.17, 15) is 24.0 Å². The molecule has 17 heteroatoms. The largest absolute Gasteiger partial charge is 0.462 e. The zero-order valence-corrected chi connectivity index (χ0v) is 50.1. The number of esters is 4. The summed E-state index contributed by atoms with van der Waals surface area (Å²) in [5, 5.41) is 0. The van der Waals surface area contributed by atoms with Gasteiger partial charge in [-0.05, 0) is 246 Å². The fourth-order valence-electron chi connectivity index (χ4n) is 10.8. The summed E-state index contributed by atoms with van der Waals surface area (Å²) in [6.45, 7) is 7.72. The number of halogens is 6. The summed E-state index contributed by atoms with van der Waals surface area (Å²) >= 11 is 13.3. The fraction of sp³-hybridized carbons (Fsp3) is 0.604. The van der Waals surface area contributed by atoms with Crippen molar-refractivity contribution in [3.63, 3.8) is 0 Å². The number of hydrogen-bond donors (Lipinski definition) is 2. The molecular weight excluding hydrogens is 1510 g/mol. The van der Waals surface area contributed by atoms with Crippen LogP contribution in [0.25, 0.3) is 0 Å². The first kappa shape index (κ1) is 54.1. The molecule has 2 aromatic rings. The minimum atomic E-state index is -1.11. The Labute approximate surface area is 464 Å². The molecule has 0 aromatic heterocycles. The van der Waals surface area contributed by atoms with Gasteiger partial charge in [-0.1, -0.05) is 39.3 Å². The van der Waals surface area contributed by atoms with Crippen LogP contribution in [0.15, 0.2) is 23.8 Å². The monoisotopic (exact) mass is 1570 g/mol. The van der Waals surface area contributed by atoms with Crippen LogP contribution < -0.4 is 11.5 Å². The molecule has 0 saturated heterocycles. The minimum Gasteiger partial charge on any atom is -0.462 e. The van der Waals surface area contributed by atoms with E-state index < -0.39 is 41.8 Å². The molecule has 0 bridgehead atoms. The Balaban J connectivity index is 1.06. The average molecular weight is 1570 g/mol. The number of anilines is 2. The van der Waals surface area contributed by atoms with Crippen molar-refractivity contribution in [2.75, 3.05) is 24.7 Å². The smallest absolute Gasteiger partial charge is 0.309 e. The van der Waals surface area contributed by atoms with Crippen molar-refractivity contribution in [1.82, 2.24) is 0 Å². The van der Waals surface area contributed by atoms with E-state index in [-0.39, 0.29) is 43.0 Å². The van der Waals surface area contributed by atoms with Crippen LogP contribution in [0.1, 0.15) is 116 Å². The van der Waals surface area contributed by atoms with E-state index in [1.165, 1.54) is 5.57 Å². The number of carbonyl (C=O) groups excluding carboxylic acids is 5. The highest BCUT2D eigenvalue weighted by Crippen LogP contribution is 2.64. The molecule has 0 heterocycles. The molecule has 0 radical (unpaired) electrons. The van der Waals surface area contributed by atoms with E-state index >= 15 is 0 Å². The first-order valence-electron chi connectivity index (χ1n) is 22.5. The standard InChI is InChI=1S/C48H58I6N2O9/c1-5-24(17-30-34(49)20-36(51)43(55)41(30)53)45(60)62-22-28(23-63-46(61)25(6-2)18-31-35(50)21-37(52)44(56)42(31)54)65-40(59)12-11-39(58)64-27-13-15-47(3)26(19-27)7-8-29-32-9-10-38(57)48(32,4)16-14-33(29)47/h7,20-21,24-25,27-29,32-33H,5-6,8-19,22-23,55-56H2,1-4H3/t24?,25?,27-,28?,29?,32?,33?,47-,48-/m0/s1. The Morgan fingerprint density at radius 1 is 0.723 bits per heavy atom. The van der Waals surface area contributed by atoms with Gasteiger partial charge in [-0.25, -0.2) is 0 Å². The van der Waals surface area contributed by atoms with E-state index in [1.54, 1.807) is 0 Å². The maximum atomic E-state index is 13.6. The predicted molar refractivity (Wildman–Crippen MR) is 301 cm³/mol. The third-order valence-electron chi connectivity index (χ3n) is 14.9. The van der Waals surface area contributed by atoms with Gasteiger partial charge in [0.15, 0.2) is 6.10 Å². The first-order chi connectivity index (χ1) is 30.7. The van der Waals surface area contributed by atoms with Gasteiger partial charge in [-0.2, -0.15) is 0 Å². The van der Waals surface area contributed by atoms with Crippen LogP contribution in [-0.2, 0) is 55.8 Å². The summed E-state index contributed by atoms with van der Waals surface area (Å²) in [6.07, 6.45) is 9.42. The second-order valence-corrected chi connectivity index (χ2v) is 25.4. The summed E-state index contributed by atoms with van der Waals surface area (Å²) in [5.41, 5.74) is 17.2. The van der Waals surface area contributed by atoms with Crippen molar-refractivity contribution in [1.29, 1.82) is 0 Å². The molecule has 4 N–H and O–H groups in total. The quantitative estimate of drug-likeness (QED) is 0.0507.